The van der Waals surface area contributed by atoms with E-state index >= 15 is 0 Å². The van der Waals surface area contributed by atoms with Gasteiger partial charge >= 0.3 is 0 Å². The van der Waals surface area contributed by atoms with Gasteiger partial charge in [0.15, 0.2) is 0 Å². The fraction of sp³-hybridized carbons (Fsp3) is 0.636. The van der Waals surface area contributed by atoms with E-state index in [1.165, 1.54) is 17.9 Å². The van der Waals surface area contributed by atoms with Gasteiger partial charge in [0.25, 0.3) is 0 Å². The Hall–Kier alpha value is -0.970. The molecule has 4 nitrogen and oxygen atoms in total. The first-order valence-corrected chi connectivity index (χ1v) is 6.87. The summed E-state index contributed by atoms with van der Waals surface area (Å²) in [5, 5.41) is 6.63. The van der Waals surface area contributed by atoms with Crippen LogP contribution in [0.15, 0.2) is 6.20 Å². The third kappa shape index (κ3) is 2.78. The van der Waals surface area contributed by atoms with Crippen LogP contribution in [0.2, 0.25) is 0 Å². The molecule has 88 valence electrons. The summed E-state index contributed by atoms with van der Waals surface area (Å²) in [6.45, 7) is 4.94. The van der Waals surface area contributed by atoms with Gasteiger partial charge in [-0.2, -0.15) is 16.7 Å². The first-order valence-electron chi connectivity index (χ1n) is 5.71. The molecule has 1 aliphatic rings. The largest absolute Gasteiger partial charge is 0.366 e. The van der Waals surface area contributed by atoms with Crippen LogP contribution < -0.4 is 10.6 Å². The van der Waals surface area contributed by atoms with E-state index in [0.29, 0.717) is 12.0 Å². The Kier molecular flexibility index (Phi) is 3.88. The second kappa shape index (κ2) is 5.39. The van der Waals surface area contributed by atoms with E-state index in [0.717, 1.165) is 17.9 Å². The Morgan fingerprint density at radius 1 is 1.56 bits per heavy atom. The molecule has 0 aliphatic carbocycles. The number of anilines is 2. The summed E-state index contributed by atoms with van der Waals surface area (Å²) in [5.41, 5.74) is 1.11. The summed E-state index contributed by atoms with van der Waals surface area (Å²) < 4.78 is 0. The molecular weight excluding hydrogens is 220 g/mol. The molecule has 2 N–H and O–H groups in total. The van der Waals surface area contributed by atoms with Crippen molar-refractivity contribution in [1.82, 2.24) is 9.97 Å². The second-order valence-corrected chi connectivity index (χ2v) is 5.11. The highest BCUT2D eigenvalue weighted by Crippen LogP contribution is 2.22. The summed E-state index contributed by atoms with van der Waals surface area (Å²) in [6, 6.07) is 0.563. The quantitative estimate of drug-likeness (QED) is 0.841. The van der Waals surface area contributed by atoms with Crippen LogP contribution in [-0.2, 0) is 0 Å². The van der Waals surface area contributed by atoms with Gasteiger partial charge in [-0.3, -0.25) is 0 Å². The highest BCUT2D eigenvalue weighted by atomic mass is 32.2. The molecule has 1 aromatic rings. The van der Waals surface area contributed by atoms with Crippen molar-refractivity contribution >= 4 is 23.5 Å². The van der Waals surface area contributed by atoms with Gasteiger partial charge in [-0.1, -0.05) is 0 Å². The fourth-order valence-electron chi connectivity index (χ4n) is 1.67. The Morgan fingerprint density at radius 2 is 2.44 bits per heavy atom. The number of hydrogen-bond donors (Lipinski definition) is 2. The normalized spacial score (nSPS) is 19.8. The lowest BCUT2D eigenvalue weighted by atomic mass is 10.2. The van der Waals surface area contributed by atoms with E-state index in [4.69, 9.17) is 0 Å². The van der Waals surface area contributed by atoms with Crippen molar-refractivity contribution < 1.29 is 0 Å². The van der Waals surface area contributed by atoms with Gasteiger partial charge in [-0.05, 0) is 26.0 Å². The first kappa shape index (κ1) is 11.5. The monoisotopic (exact) mass is 238 g/mol. The zero-order valence-electron chi connectivity index (χ0n) is 9.79. The first-order chi connectivity index (χ1) is 7.79. The van der Waals surface area contributed by atoms with Gasteiger partial charge in [-0.25, -0.2) is 4.98 Å². The number of nitrogens with zero attached hydrogens (tertiary/aromatic N) is 2. The third-order valence-corrected chi connectivity index (χ3v) is 3.74. The lowest BCUT2D eigenvalue weighted by Crippen LogP contribution is -2.20. The van der Waals surface area contributed by atoms with Gasteiger partial charge in [0.1, 0.15) is 5.82 Å². The van der Waals surface area contributed by atoms with E-state index < -0.39 is 0 Å². The van der Waals surface area contributed by atoms with Gasteiger partial charge in [-0.15, -0.1) is 0 Å². The van der Waals surface area contributed by atoms with E-state index in [9.17, 15) is 0 Å². The molecule has 0 saturated carbocycles. The molecule has 2 rings (SSSR count). The molecule has 0 spiro atoms. The summed E-state index contributed by atoms with van der Waals surface area (Å²) in [4.78, 5) is 8.72. The van der Waals surface area contributed by atoms with E-state index in [2.05, 4.69) is 20.6 Å². The van der Waals surface area contributed by atoms with Crippen molar-refractivity contribution in [3.63, 3.8) is 0 Å². The molecule has 0 amide bonds. The minimum atomic E-state index is 0.563. The van der Waals surface area contributed by atoms with Gasteiger partial charge in [0, 0.05) is 30.1 Å². The molecule has 1 fully saturated rings. The van der Waals surface area contributed by atoms with Crippen LogP contribution in [0.5, 0.6) is 0 Å². The molecule has 1 aliphatic heterocycles. The van der Waals surface area contributed by atoms with E-state index in [1.54, 1.807) is 0 Å². The Balaban J connectivity index is 2.08. The van der Waals surface area contributed by atoms with Gasteiger partial charge < -0.3 is 10.6 Å². The fourth-order valence-corrected chi connectivity index (χ4v) is 2.83. The highest BCUT2D eigenvalue weighted by molar-refractivity contribution is 7.99. The maximum Gasteiger partial charge on any atom is 0.224 e. The number of hydrogen-bond acceptors (Lipinski definition) is 5. The Morgan fingerprint density at radius 3 is 3.12 bits per heavy atom. The minimum Gasteiger partial charge on any atom is -0.366 e. The lowest BCUT2D eigenvalue weighted by Gasteiger charge is -2.14. The van der Waals surface area contributed by atoms with Crippen LogP contribution in [0, 0.1) is 6.92 Å². The van der Waals surface area contributed by atoms with Crippen LogP contribution in [0.4, 0.5) is 11.8 Å². The van der Waals surface area contributed by atoms with Crippen LogP contribution in [0.1, 0.15) is 18.9 Å². The number of nitrogens with one attached hydrogen (secondary N) is 2. The molecule has 1 unspecified atom stereocenters. The zero-order chi connectivity index (χ0) is 11.4. The summed E-state index contributed by atoms with van der Waals surface area (Å²) in [6.07, 6.45) is 3.10. The number of aryl methyl sites for hydroxylation is 1. The van der Waals surface area contributed by atoms with Crippen molar-refractivity contribution in [3.8, 4) is 0 Å². The maximum atomic E-state index is 4.48. The topological polar surface area (TPSA) is 49.8 Å². The average molecular weight is 238 g/mol. The molecule has 1 saturated heterocycles. The van der Waals surface area contributed by atoms with E-state index in [1.807, 2.05) is 31.8 Å². The van der Waals surface area contributed by atoms with Gasteiger partial charge in [0.05, 0.1) is 0 Å². The predicted molar refractivity (Wildman–Crippen MR) is 70.3 cm³/mol. The predicted octanol–water partition coefficient (Wildman–Crippen LogP) is 2.13. The molecule has 1 aromatic heterocycles. The van der Waals surface area contributed by atoms with Gasteiger partial charge in [0.2, 0.25) is 5.95 Å². The van der Waals surface area contributed by atoms with Crippen molar-refractivity contribution in [2.45, 2.75) is 26.3 Å². The van der Waals surface area contributed by atoms with Crippen LogP contribution in [0.25, 0.3) is 0 Å². The summed E-state index contributed by atoms with van der Waals surface area (Å²) in [7, 11) is 0. The molecule has 16 heavy (non-hydrogen) atoms. The van der Waals surface area contributed by atoms with Crippen molar-refractivity contribution in [2.75, 3.05) is 28.7 Å². The molecule has 0 bridgehead atoms. The third-order valence-electron chi connectivity index (χ3n) is 2.58. The number of rotatable bonds is 4. The summed E-state index contributed by atoms with van der Waals surface area (Å²) >= 11 is 2.00. The van der Waals surface area contributed by atoms with Crippen LogP contribution in [-0.4, -0.2) is 34.1 Å². The standard InChI is InChI=1S/C11H18N4S/c1-3-12-11-13-6-8(2)10(15-11)14-9-4-5-16-7-9/h6,9H,3-5,7H2,1-2H3,(H2,12,13,14,15). The van der Waals surface area contributed by atoms with Crippen molar-refractivity contribution in [1.29, 1.82) is 0 Å². The van der Waals surface area contributed by atoms with E-state index in [-0.39, 0.29) is 0 Å². The molecule has 0 radical (unpaired) electrons. The molecule has 5 heteroatoms. The molecule has 2 heterocycles. The number of aromatic nitrogens is 2. The van der Waals surface area contributed by atoms with Crippen molar-refractivity contribution in [2.24, 2.45) is 0 Å². The second-order valence-electron chi connectivity index (χ2n) is 3.96. The smallest absolute Gasteiger partial charge is 0.224 e. The minimum absolute atomic E-state index is 0.563. The zero-order valence-corrected chi connectivity index (χ0v) is 10.6. The SMILES string of the molecule is CCNc1ncc(C)c(NC2CCSC2)n1. The average Bonchev–Trinajstić information content (AvgIpc) is 2.76. The number of thioether (sulfide) groups is 1. The Bertz CT molecular complexity index is 350. The van der Waals surface area contributed by atoms with Crippen molar-refractivity contribution in [3.05, 3.63) is 11.8 Å². The maximum absolute atomic E-state index is 4.48. The van der Waals surface area contributed by atoms with Crippen LogP contribution >= 0.6 is 11.8 Å². The highest BCUT2D eigenvalue weighted by Gasteiger charge is 2.16. The molecular formula is C11H18N4S. The molecule has 1 atom stereocenters. The summed E-state index contributed by atoms with van der Waals surface area (Å²) in [5.74, 6) is 4.11. The van der Waals surface area contributed by atoms with Crippen LogP contribution in [0.3, 0.4) is 0 Å². The molecule has 0 aromatic carbocycles. The Labute approximate surface area is 101 Å². The lowest BCUT2D eigenvalue weighted by molar-refractivity contribution is 0.803.